The molecule has 0 saturated carbocycles. The van der Waals surface area contributed by atoms with E-state index in [2.05, 4.69) is 4.98 Å². The minimum Gasteiger partial charge on any atom is -0.444 e. The second-order valence-electron chi connectivity index (χ2n) is 6.63. The molecule has 1 saturated heterocycles. The zero-order valence-electron chi connectivity index (χ0n) is 13.3. The van der Waals surface area contributed by atoms with Crippen LogP contribution in [0.25, 0.3) is 0 Å². The Hall–Kier alpha value is -1.60. The number of piperidine rings is 1. The number of hydrogen-bond donors (Lipinski definition) is 2. The minimum absolute atomic E-state index is 0.266. The van der Waals surface area contributed by atoms with Gasteiger partial charge in [-0.05, 0) is 39.7 Å². The standard InChI is InChI=1S/C15H23BN2O4/c1-15(2,3)22-14(19)18-8-6-11(7-9-18)13-5-4-12(10-17-13)16(20)21/h4-5,10-11,20-21H,6-9H2,1-3H3. The molecule has 1 aromatic rings. The van der Waals surface area contributed by atoms with Gasteiger partial charge in [-0.25, -0.2) is 4.79 Å². The second kappa shape index (κ2) is 6.66. The van der Waals surface area contributed by atoms with Gasteiger partial charge in [0.25, 0.3) is 0 Å². The molecule has 2 heterocycles. The summed E-state index contributed by atoms with van der Waals surface area (Å²) < 4.78 is 5.38. The normalized spacial score (nSPS) is 16.5. The first-order chi connectivity index (χ1) is 10.3. The van der Waals surface area contributed by atoms with E-state index < -0.39 is 12.7 Å². The highest BCUT2D eigenvalue weighted by molar-refractivity contribution is 6.58. The molecule has 0 spiro atoms. The van der Waals surface area contributed by atoms with E-state index in [0.29, 0.717) is 18.6 Å². The summed E-state index contributed by atoms with van der Waals surface area (Å²) >= 11 is 0. The third-order valence-corrected chi connectivity index (χ3v) is 3.67. The number of hydrogen-bond acceptors (Lipinski definition) is 5. The summed E-state index contributed by atoms with van der Waals surface area (Å²) in [5, 5.41) is 18.1. The van der Waals surface area contributed by atoms with Gasteiger partial charge in [-0.3, -0.25) is 4.98 Å². The number of pyridine rings is 1. The van der Waals surface area contributed by atoms with Gasteiger partial charge in [0.1, 0.15) is 5.60 Å². The highest BCUT2D eigenvalue weighted by Crippen LogP contribution is 2.27. The molecule has 0 aliphatic carbocycles. The fraction of sp³-hybridized carbons (Fsp3) is 0.600. The maximum Gasteiger partial charge on any atom is 0.490 e. The summed E-state index contributed by atoms with van der Waals surface area (Å²) in [5.74, 6) is 0.281. The van der Waals surface area contributed by atoms with Gasteiger partial charge in [-0.2, -0.15) is 0 Å². The molecule has 0 bridgehead atoms. The van der Waals surface area contributed by atoms with E-state index in [1.807, 2.05) is 26.8 Å². The van der Waals surface area contributed by atoms with Crippen molar-refractivity contribution in [1.29, 1.82) is 0 Å². The Kier molecular flexibility index (Phi) is 5.08. The number of amides is 1. The summed E-state index contributed by atoms with van der Waals surface area (Å²) in [6.07, 6.45) is 2.87. The van der Waals surface area contributed by atoms with Crippen molar-refractivity contribution in [2.45, 2.75) is 45.1 Å². The molecule has 1 aromatic heterocycles. The third-order valence-electron chi connectivity index (χ3n) is 3.67. The smallest absolute Gasteiger partial charge is 0.444 e. The summed E-state index contributed by atoms with van der Waals surface area (Å²) in [7, 11) is -1.49. The van der Waals surface area contributed by atoms with Crippen molar-refractivity contribution in [3.05, 3.63) is 24.0 Å². The van der Waals surface area contributed by atoms with E-state index in [1.165, 1.54) is 6.20 Å². The molecule has 7 heteroatoms. The fourth-order valence-electron chi connectivity index (χ4n) is 2.50. The van der Waals surface area contributed by atoms with E-state index in [1.54, 1.807) is 11.0 Å². The molecule has 1 aliphatic heterocycles. The molecule has 0 atom stereocenters. The summed E-state index contributed by atoms with van der Waals surface area (Å²) in [6.45, 7) is 6.87. The molecule has 1 aliphatic rings. The van der Waals surface area contributed by atoms with E-state index in [4.69, 9.17) is 14.8 Å². The third kappa shape index (κ3) is 4.45. The fourth-order valence-corrected chi connectivity index (χ4v) is 2.50. The minimum atomic E-state index is -1.49. The first-order valence-electron chi connectivity index (χ1n) is 7.56. The first kappa shape index (κ1) is 16.8. The largest absolute Gasteiger partial charge is 0.490 e. The van der Waals surface area contributed by atoms with E-state index >= 15 is 0 Å². The lowest BCUT2D eigenvalue weighted by Gasteiger charge is -2.33. The Balaban J connectivity index is 1.90. The molecule has 0 radical (unpaired) electrons. The molecule has 2 N–H and O–H groups in total. The molecule has 6 nitrogen and oxygen atoms in total. The number of likely N-dealkylation sites (tertiary alicyclic amines) is 1. The Morgan fingerprint density at radius 2 is 1.95 bits per heavy atom. The molecule has 2 rings (SSSR count). The van der Waals surface area contributed by atoms with Crippen LogP contribution in [0.3, 0.4) is 0 Å². The van der Waals surface area contributed by atoms with Crippen LogP contribution in [0, 0.1) is 0 Å². The number of carbonyl (C=O) groups is 1. The highest BCUT2D eigenvalue weighted by Gasteiger charge is 2.28. The van der Waals surface area contributed by atoms with Gasteiger partial charge in [0.2, 0.25) is 0 Å². The molecular formula is C15H23BN2O4. The van der Waals surface area contributed by atoms with Gasteiger partial charge in [0.15, 0.2) is 0 Å². The maximum atomic E-state index is 12.0. The lowest BCUT2D eigenvalue weighted by Crippen LogP contribution is -2.41. The topological polar surface area (TPSA) is 82.9 Å². The van der Waals surface area contributed by atoms with Crippen molar-refractivity contribution in [3.8, 4) is 0 Å². The second-order valence-corrected chi connectivity index (χ2v) is 6.63. The van der Waals surface area contributed by atoms with Crippen LogP contribution in [0.4, 0.5) is 4.79 Å². The average molecular weight is 306 g/mol. The van der Waals surface area contributed by atoms with Crippen molar-refractivity contribution >= 4 is 18.7 Å². The summed E-state index contributed by atoms with van der Waals surface area (Å²) in [5.41, 5.74) is 0.833. The van der Waals surface area contributed by atoms with Gasteiger partial charge < -0.3 is 19.7 Å². The molecule has 1 amide bonds. The number of rotatable bonds is 2. The van der Waals surface area contributed by atoms with Crippen LogP contribution in [0.15, 0.2) is 18.3 Å². The maximum absolute atomic E-state index is 12.0. The molecule has 1 fully saturated rings. The van der Waals surface area contributed by atoms with Gasteiger partial charge in [-0.15, -0.1) is 0 Å². The highest BCUT2D eigenvalue weighted by atomic mass is 16.6. The molecule has 22 heavy (non-hydrogen) atoms. The zero-order valence-corrected chi connectivity index (χ0v) is 13.3. The first-order valence-corrected chi connectivity index (χ1v) is 7.56. The quantitative estimate of drug-likeness (QED) is 0.793. The average Bonchev–Trinajstić information content (AvgIpc) is 2.46. The number of ether oxygens (including phenoxy) is 1. The van der Waals surface area contributed by atoms with Crippen molar-refractivity contribution in [2.24, 2.45) is 0 Å². The predicted octanol–water partition coefficient (Wildman–Crippen LogP) is 0.876. The van der Waals surface area contributed by atoms with Crippen molar-refractivity contribution in [3.63, 3.8) is 0 Å². The van der Waals surface area contributed by atoms with Gasteiger partial charge in [-0.1, -0.05) is 6.07 Å². The van der Waals surface area contributed by atoms with Gasteiger partial charge in [0, 0.05) is 36.4 Å². The van der Waals surface area contributed by atoms with Crippen LogP contribution >= 0.6 is 0 Å². The number of carbonyl (C=O) groups excluding carboxylic acids is 1. The van der Waals surface area contributed by atoms with E-state index in [0.717, 1.165) is 18.5 Å². The summed E-state index contributed by atoms with van der Waals surface area (Å²) in [4.78, 5) is 18.0. The predicted molar refractivity (Wildman–Crippen MR) is 83.8 cm³/mol. The van der Waals surface area contributed by atoms with Crippen LogP contribution in [0.2, 0.25) is 0 Å². The molecular weight excluding hydrogens is 283 g/mol. The monoisotopic (exact) mass is 306 g/mol. The zero-order chi connectivity index (χ0) is 16.3. The SMILES string of the molecule is CC(C)(C)OC(=O)N1CCC(c2ccc(B(O)O)cn2)CC1. The van der Waals surface area contributed by atoms with Crippen LogP contribution in [0.1, 0.15) is 45.2 Å². The van der Waals surface area contributed by atoms with Crippen molar-refractivity contribution in [2.75, 3.05) is 13.1 Å². The Morgan fingerprint density at radius 1 is 1.32 bits per heavy atom. The van der Waals surface area contributed by atoms with Gasteiger partial charge >= 0.3 is 13.2 Å². The molecule has 120 valence electrons. The van der Waals surface area contributed by atoms with Crippen molar-refractivity contribution in [1.82, 2.24) is 9.88 Å². The van der Waals surface area contributed by atoms with Crippen molar-refractivity contribution < 1.29 is 19.6 Å². The molecule has 0 aromatic carbocycles. The van der Waals surface area contributed by atoms with E-state index in [9.17, 15) is 4.79 Å². The number of nitrogens with zero attached hydrogens (tertiary/aromatic N) is 2. The van der Waals surface area contributed by atoms with Crippen LogP contribution in [-0.4, -0.2) is 51.8 Å². The van der Waals surface area contributed by atoms with Crippen LogP contribution in [-0.2, 0) is 4.74 Å². The summed E-state index contributed by atoms with van der Waals surface area (Å²) in [6, 6.07) is 3.50. The van der Waals surface area contributed by atoms with E-state index in [-0.39, 0.29) is 12.0 Å². The molecule has 0 unspecified atom stereocenters. The lowest BCUT2D eigenvalue weighted by molar-refractivity contribution is 0.0204. The van der Waals surface area contributed by atoms with Crippen LogP contribution in [0.5, 0.6) is 0 Å². The Labute approximate surface area is 131 Å². The Bertz CT molecular complexity index is 505. The lowest BCUT2D eigenvalue weighted by atomic mass is 9.81. The van der Waals surface area contributed by atoms with Gasteiger partial charge in [0.05, 0.1) is 0 Å². The van der Waals surface area contributed by atoms with Crippen LogP contribution < -0.4 is 5.46 Å². The number of aromatic nitrogens is 1. The Morgan fingerprint density at radius 3 is 2.41 bits per heavy atom.